The van der Waals surface area contributed by atoms with Crippen LogP contribution in [0.15, 0.2) is 23.4 Å². The van der Waals surface area contributed by atoms with E-state index in [0.29, 0.717) is 17.2 Å². The van der Waals surface area contributed by atoms with E-state index in [0.717, 1.165) is 31.2 Å². The van der Waals surface area contributed by atoms with Crippen LogP contribution in [0.4, 0.5) is 4.79 Å². The second-order valence-electron chi connectivity index (χ2n) is 6.68. The lowest BCUT2D eigenvalue weighted by Crippen LogP contribution is -2.45. The monoisotopic (exact) mass is 405 g/mol. The molecule has 2 aliphatic rings. The number of fused-ring (bicyclic) bond motifs is 1. The van der Waals surface area contributed by atoms with Crippen LogP contribution in [0.3, 0.4) is 0 Å². The summed E-state index contributed by atoms with van der Waals surface area (Å²) >= 11 is 0. The molecule has 0 unspecified atom stereocenters. The zero-order valence-electron chi connectivity index (χ0n) is 16.1. The highest BCUT2D eigenvalue weighted by Gasteiger charge is 2.19. The van der Waals surface area contributed by atoms with Crippen molar-refractivity contribution in [3.05, 3.63) is 23.8 Å². The summed E-state index contributed by atoms with van der Waals surface area (Å²) in [7, 11) is 0. The van der Waals surface area contributed by atoms with Crippen LogP contribution >= 0.6 is 0 Å². The van der Waals surface area contributed by atoms with Crippen molar-refractivity contribution in [3.63, 3.8) is 0 Å². The number of carbonyl (C=O) groups excluding carboxylic acids is 3. The highest BCUT2D eigenvalue weighted by molar-refractivity contribution is 5.99. The minimum atomic E-state index is -0.779. The number of urea groups is 1. The molecule has 0 saturated heterocycles. The molecule has 0 radical (unpaired) electrons. The van der Waals surface area contributed by atoms with E-state index in [1.54, 1.807) is 25.1 Å². The number of imide groups is 1. The molecule has 1 aliphatic carbocycles. The molecular weight excluding hydrogens is 382 g/mol. The van der Waals surface area contributed by atoms with Crippen LogP contribution in [0.5, 0.6) is 11.5 Å². The molecule has 0 aromatic heterocycles. The summed E-state index contributed by atoms with van der Waals surface area (Å²) in [6.07, 6.45) is 3.93. The Morgan fingerprint density at radius 1 is 1.14 bits per heavy atom. The van der Waals surface area contributed by atoms with E-state index in [1.807, 2.05) is 0 Å². The van der Waals surface area contributed by atoms with Crippen LogP contribution in [0.2, 0.25) is 0 Å². The molecule has 0 bridgehead atoms. The predicted molar refractivity (Wildman–Crippen MR) is 101 cm³/mol. The Hall–Kier alpha value is -3.30. The van der Waals surface area contributed by atoms with Gasteiger partial charge in [0, 0.05) is 11.6 Å². The molecule has 29 heavy (non-hydrogen) atoms. The summed E-state index contributed by atoms with van der Waals surface area (Å²) in [6, 6.07) is 4.80. The van der Waals surface area contributed by atoms with Gasteiger partial charge in [0.05, 0.1) is 5.71 Å². The number of ether oxygens (including phenoxy) is 3. The number of carbonyl (C=O) groups is 3. The molecule has 10 nitrogen and oxygen atoms in total. The number of rotatable bonds is 7. The minimum absolute atomic E-state index is 0.0876. The Kier molecular flexibility index (Phi) is 6.88. The van der Waals surface area contributed by atoms with Crippen LogP contribution in [0, 0.1) is 0 Å². The highest BCUT2D eigenvalue weighted by Crippen LogP contribution is 2.32. The average Bonchev–Trinajstić information content (AvgIpc) is 3.37. The third-order valence-electron chi connectivity index (χ3n) is 4.48. The van der Waals surface area contributed by atoms with Gasteiger partial charge >= 0.3 is 12.0 Å². The van der Waals surface area contributed by atoms with Crippen LogP contribution in [-0.4, -0.2) is 49.7 Å². The quantitative estimate of drug-likeness (QED) is 0.400. The van der Waals surface area contributed by atoms with Gasteiger partial charge < -0.3 is 24.4 Å². The summed E-state index contributed by atoms with van der Waals surface area (Å²) in [5.41, 5.74) is 1.27. The Bertz CT molecular complexity index is 803. The van der Waals surface area contributed by atoms with Crippen molar-refractivity contribution < 1.29 is 33.4 Å². The van der Waals surface area contributed by atoms with Crippen LogP contribution in [-0.2, 0) is 19.2 Å². The largest absolute Gasteiger partial charge is 0.454 e. The Morgan fingerprint density at radius 3 is 2.69 bits per heavy atom. The third kappa shape index (κ3) is 6.09. The fourth-order valence-electron chi connectivity index (χ4n) is 3.00. The maximum absolute atomic E-state index is 11.7. The van der Waals surface area contributed by atoms with E-state index in [9.17, 15) is 14.4 Å². The van der Waals surface area contributed by atoms with Gasteiger partial charge in [0.15, 0.2) is 18.1 Å². The van der Waals surface area contributed by atoms with Crippen molar-refractivity contribution in [2.45, 2.75) is 38.6 Å². The van der Waals surface area contributed by atoms with E-state index >= 15 is 0 Å². The maximum atomic E-state index is 11.7. The van der Waals surface area contributed by atoms with Gasteiger partial charge in [0.25, 0.3) is 5.91 Å². The predicted octanol–water partition coefficient (Wildman–Crippen LogP) is 1.47. The fourth-order valence-corrected chi connectivity index (χ4v) is 3.00. The molecule has 1 aliphatic heterocycles. The number of nitrogens with zero attached hydrogens (tertiary/aromatic N) is 1. The van der Waals surface area contributed by atoms with Gasteiger partial charge in [-0.1, -0.05) is 18.0 Å². The number of hydrogen-bond donors (Lipinski definition) is 2. The van der Waals surface area contributed by atoms with Crippen LogP contribution in [0.1, 0.15) is 38.2 Å². The molecule has 0 atom stereocenters. The summed E-state index contributed by atoms with van der Waals surface area (Å²) in [5.74, 6) is -0.229. The molecule has 3 amide bonds. The first-order valence-electron chi connectivity index (χ1n) is 9.34. The molecule has 10 heteroatoms. The summed E-state index contributed by atoms with van der Waals surface area (Å²) in [6.45, 7) is 0.834. The molecule has 1 heterocycles. The lowest BCUT2D eigenvalue weighted by molar-refractivity contribution is -0.152. The molecule has 1 fully saturated rings. The first-order valence-corrected chi connectivity index (χ1v) is 9.34. The number of benzene rings is 1. The van der Waals surface area contributed by atoms with Gasteiger partial charge in [-0.25, -0.2) is 9.59 Å². The Balaban J connectivity index is 1.34. The molecule has 1 aromatic carbocycles. The molecule has 156 valence electrons. The zero-order chi connectivity index (χ0) is 20.6. The lowest BCUT2D eigenvalue weighted by atomic mass is 10.1. The second kappa shape index (κ2) is 9.76. The first kappa shape index (κ1) is 20.4. The van der Waals surface area contributed by atoms with E-state index in [-0.39, 0.29) is 12.8 Å². The second-order valence-corrected chi connectivity index (χ2v) is 6.68. The average molecular weight is 405 g/mol. The van der Waals surface area contributed by atoms with Crippen LogP contribution < -0.4 is 20.1 Å². The standard InChI is InChI=1S/C19H23N3O7/c1-12(13-6-7-15-16(8-13)28-11-27-15)22-29-10-18(24)26-9-17(23)21-19(25)20-14-4-2-3-5-14/h6-8,14H,2-5,9-11H2,1H3,(H2,20,21,23,25)/b22-12+. The Labute approximate surface area is 167 Å². The number of esters is 1. The van der Waals surface area contributed by atoms with Crippen molar-refractivity contribution in [1.29, 1.82) is 0 Å². The van der Waals surface area contributed by atoms with Gasteiger partial charge in [-0.2, -0.15) is 0 Å². The zero-order valence-corrected chi connectivity index (χ0v) is 16.1. The molecular formula is C19H23N3O7. The SMILES string of the molecule is C/C(=N\OCC(=O)OCC(=O)NC(=O)NC1CCCC1)c1ccc2c(c1)OCO2. The third-order valence-corrected chi connectivity index (χ3v) is 4.48. The van der Waals surface area contributed by atoms with Crippen molar-refractivity contribution in [3.8, 4) is 11.5 Å². The molecule has 0 spiro atoms. The lowest BCUT2D eigenvalue weighted by Gasteiger charge is -2.12. The van der Waals surface area contributed by atoms with E-state index < -0.39 is 31.1 Å². The summed E-state index contributed by atoms with van der Waals surface area (Å²) < 4.78 is 15.3. The van der Waals surface area contributed by atoms with Gasteiger partial charge in [0.1, 0.15) is 0 Å². The summed E-state index contributed by atoms with van der Waals surface area (Å²) in [4.78, 5) is 39.9. The molecule has 2 N–H and O–H groups in total. The topological polar surface area (TPSA) is 125 Å². The van der Waals surface area contributed by atoms with Gasteiger partial charge in [0.2, 0.25) is 13.4 Å². The highest BCUT2D eigenvalue weighted by atomic mass is 16.7. The normalized spacial score (nSPS) is 15.7. The van der Waals surface area contributed by atoms with Crippen molar-refractivity contribution in [2.75, 3.05) is 20.0 Å². The number of amides is 3. The molecule has 3 rings (SSSR count). The van der Waals surface area contributed by atoms with E-state index in [4.69, 9.17) is 19.0 Å². The number of hydrogen-bond acceptors (Lipinski definition) is 8. The Morgan fingerprint density at radius 2 is 1.90 bits per heavy atom. The van der Waals surface area contributed by atoms with Gasteiger partial charge in [-0.15, -0.1) is 0 Å². The van der Waals surface area contributed by atoms with Crippen molar-refractivity contribution in [1.82, 2.24) is 10.6 Å². The maximum Gasteiger partial charge on any atom is 0.347 e. The number of nitrogens with one attached hydrogen (secondary N) is 2. The minimum Gasteiger partial charge on any atom is -0.454 e. The van der Waals surface area contributed by atoms with E-state index in [2.05, 4.69) is 15.8 Å². The van der Waals surface area contributed by atoms with Crippen molar-refractivity contribution in [2.24, 2.45) is 5.16 Å². The molecule has 1 saturated carbocycles. The van der Waals surface area contributed by atoms with E-state index in [1.165, 1.54) is 0 Å². The van der Waals surface area contributed by atoms with Gasteiger partial charge in [-0.3, -0.25) is 10.1 Å². The fraction of sp³-hybridized carbons (Fsp3) is 0.474. The van der Waals surface area contributed by atoms with Crippen molar-refractivity contribution >= 4 is 23.6 Å². The first-order chi connectivity index (χ1) is 14.0. The smallest absolute Gasteiger partial charge is 0.347 e. The number of oxime groups is 1. The van der Waals surface area contributed by atoms with Crippen LogP contribution in [0.25, 0.3) is 0 Å². The summed E-state index contributed by atoms with van der Waals surface area (Å²) in [5, 5.41) is 8.67. The molecule has 1 aromatic rings. The van der Waals surface area contributed by atoms with Gasteiger partial charge in [-0.05, 0) is 38.0 Å².